The number of hydrogen-bond donors (Lipinski definition) is 3. The molecule has 3 aromatic heterocycles. The standard InChI is InChI=1S/C25H22N6O2S/c26-16-7-5-15(6-8-16)23-27-19-11-12-31(14-18(19)24(32)30-23)13-17-9-10-22(33-17)34-25-28-20-3-1-2-4-21(20)29-25/h1-10H,11-14,26H2,(H,28,29)(H,27,30,32). The zero-order valence-electron chi connectivity index (χ0n) is 18.2. The maximum absolute atomic E-state index is 12.8. The lowest BCUT2D eigenvalue weighted by atomic mass is 10.1. The highest BCUT2D eigenvalue weighted by atomic mass is 32.2. The molecule has 1 aliphatic heterocycles. The summed E-state index contributed by atoms with van der Waals surface area (Å²) in [6.07, 6.45) is 0.711. The predicted octanol–water partition coefficient (Wildman–Crippen LogP) is 4.20. The van der Waals surface area contributed by atoms with Gasteiger partial charge in [-0.25, -0.2) is 9.97 Å². The van der Waals surface area contributed by atoms with E-state index in [1.165, 1.54) is 11.8 Å². The number of para-hydroxylation sites is 2. The third-order valence-electron chi connectivity index (χ3n) is 5.91. The molecule has 5 aromatic rings. The fraction of sp³-hybridized carbons (Fsp3) is 0.160. The Bertz CT molecular complexity index is 1500. The number of hydrogen-bond acceptors (Lipinski definition) is 7. The van der Waals surface area contributed by atoms with Crippen LogP contribution in [0.4, 0.5) is 5.69 Å². The van der Waals surface area contributed by atoms with Crippen LogP contribution in [0.5, 0.6) is 0 Å². The number of aromatic nitrogens is 4. The van der Waals surface area contributed by atoms with Crippen molar-refractivity contribution in [1.29, 1.82) is 0 Å². The van der Waals surface area contributed by atoms with Gasteiger partial charge in [-0.15, -0.1) is 0 Å². The lowest BCUT2D eigenvalue weighted by molar-refractivity contribution is 0.217. The fourth-order valence-corrected chi connectivity index (χ4v) is 4.97. The maximum atomic E-state index is 12.8. The second-order valence-electron chi connectivity index (χ2n) is 8.30. The van der Waals surface area contributed by atoms with Gasteiger partial charge in [0.15, 0.2) is 10.2 Å². The summed E-state index contributed by atoms with van der Waals surface area (Å²) >= 11 is 1.46. The van der Waals surface area contributed by atoms with Crippen LogP contribution in [0, 0.1) is 0 Å². The fourth-order valence-electron chi connectivity index (χ4n) is 4.19. The number of rotatable bonds is 5. The van der Waals surface area contributed by atoms with Crippen molar-refractivity contribution in [1.82, 2.24) is 24.8 Å². The van der Waals surface area contributed by atoms with E-state index in [0.717, 1.165) is 44.8 Å². The number of nitrogens with two attached hydrogens (primary N) is 1. The molecular formula is C25H22N6O2S. The Morgan fingerprint density at radius 1 is 1.03 bits per heavy atom. The van der Waals surface area contributed by atoms with E-state index in [0.29, 0.717) is 36.6 Å². The molecule has 170 valence electrons. The van der Waals surface area contributed by atoms with E-state index >= 15 is 0 Å². The molecule has 1 aliphatic rings. The van der Waals surface area contributed by atoms with Crippen molar-refractivity contribution in [2.45, 2.75) is 29.8 Å². The smallest absolute Gasteiger partial charge is 0.255 e. The number of nitrogens with one attached hydrogen (secondary N) is 2. The summed E-state index contributed by atoms with van der Waals surface area (Å²) in [5, 5.41) is 1.57. The number of anilines is 1. The van der Waals surface area contributed by atoms with Crippen LogP contribution in [-0.4, -0.2) is 31.4 Å². The first-order valence-electron chi connectivity index (χ1n) is 11.0. The Balaban J connectivity index is 1.15. The van der Waals surface area contributed by atoms with E-state index in [-0.39, 0.29) is 5.56 Å². The summed E-state index contributed by atoms with van der Waals surface area (Å²) < 4.78 is 6.04. The number of fused-ring (bicyclic) bond motifs is 2. The molecule has 2 aromatic carbocycles. The number of nitrogen functional groups attached to an aromatic ring is 1. The second-order valence-corrected chi connectivity index (χ2v) is 9.30. The molecule has 0 saturated carbocycles. The molecule has 34 heavy (non-hydrogen) atoms. The van der Waals surface area contributed by atoms with Crippen molar-refractivity contribution in [2.75, 3.05) is 12.3 Å². The van der Waals surface area contributed by atoms with Gasteiger partial charge in [0.2, 0.25) is 0 Å². The first-order chi connectivity index (χ1) is 16.6. The molecular weight excluding hydrogens is 448 g/mol. The molecule has 0 fully saturated rings. The largest absolute Gasteiger partial charge is 0.453 e. The molecule has 6 rings (SSSR count). The van der Waals surface area contributed by atoms with Crippen LogP contribution in [0.2, 0.25) is 0 Å². The maximum Gasteiger partial charge on any atom is 0.255 e. The first-order valence-corrected chi connectivity index (χ1v) is 11.8. The molecule has 0 unspecified atom stereocenters. The van der Waals surface area contributed by atoms with Gasteiger partial charge in [0.05, 0.1) is 28.8 Å². The van der Waals surface area contributed by atoms with Gasteiger partial charge in [0.25, 0.3) is 5.56 Å². The number of H-pyrrole nitrogens is 2. The van der Waals surface area contributed by atoms with E-state index in [1.807, 2.05) is 48.5 Å². The molecule has 4 heterocycles. The van der Waals surface area contributed by atoms with Gasteiger partial charge >= 0.3 is 0 Å². The van der Waals surface area contributed by atoms with E-state index in [4.69, 9.17) is 15.1 Å². The molecule has 0 aliphatic carbocycles. The Kier molecular flexibility index (Phi) is 5.20. The summed E-state index contributed by atoms with van der Waals surface area (Å²) in [5.74, 6) is 1.43. The number of imidazole rings is 1. The molecule has 4 N–H and O–H groups in total. The Morgan fingerprint density at radius 3 is 2.74 bits per heavy atom. The Labute approximate surface area is 199 Å². The van der Waals surface area contributed by atoms with Gasteiger partial charge in [-0.05, 0) is 60.3 Å². The highest BCUT2D eigenvalue weighted by Gasteiger charge is 2.22. The zero-order valence-corrected chi connectivity index (χ0v) is 19.1. The normalized spacial score (nSPS) is 13.9. The van der Waals surface area contributed by atoms with Gasteiger partial charge in [0.1, 0.15) is 11.6 Å². The van der Waals surface area contributed by atoms with E-state index < -0.39 is 0 Å². The van der Waals surface area contributed by atoms with Crippen LogP contribution in [0.3, 0.4) is 0 Å². The third kappa shape index (κ3) is 4.11. The Morgan fingerprint density at radius 2 is 1.88 bits per heavy atom. The van der Waals surface area contributed by atoms with E-state index in [1.54, 1.807) is 12.1 Å². The number of aromatic amines is 2. The topological polar surface area (TPSA) is 117 Å². The van der Waals surface area contributed by atoms with Crippen molar-refractivity contribution in [3.05, 3.63) is 88.0 Å². The zero-order chi connectivity index (χ0) is 23.1. The van der Waals surface area contributed by atoms with Crippen LogP contribution >= 0.6 is 11.8 Å². The molecule has 8 nitrogen and oxygen atoms in total. The second kappa shape index (κ2) is 8.51. The number of benzene rings is 2. The van der Waals surface area contributed by atoms with Crippen LogP contribution in [0.15, 0.2) is 80.1 Å². The van der Waals surface area contributed by atoms with Gasteiger partial charge in [-0.2, -0.15) is 0 Å². The average molecular weight is 471 g/mol. The van der Waals surface area contributed by atoms with E-state index in [9.17, 15) is 4.79 Å². The minimum absolute atomic E-state index is 0.0953. The average Bonchev–Trinajstić information content (AvgIpc) is 3.46. The van der Waals surface area contributed by atoms with Crippen LogP contribution in [-0.2, 0) is 19.5 Å². The summed E-state index contributed by atoms with van der Waals surface area (Å²) in [6, 6.07) is 19.2. The molecule has 0 spiro atoms. The van der Waals surface area contributed by atoms with E-state index in [2.05, 4.69) is 19.9 Å². The highest BCUT2D eigenvalue weighted by Crippen LogP contribution is 2.29. The molecule has 0 saturated heterocycles. The summed E-state index contributed by atoms with van der Waals surface area (Å²) in [7, 11) is 0. The minimum atomic E-state index is -0.0953. The lowest BCUT2D eigenvalue weighted by Crippen LogP contribution is -2.35. The van der Waals surface area contributed by atoms with Crippen LogP contribution < -0.4 is 11.3 Å². The molecule has 0 amide bonds. The number of nitrogens with zero attached hydrogens (tertiary/aromatic N) is 3. The predicted molar refractivity (Wildman–Crippen MR) is 131 cm³/mol. The summed E-state index contributed by atoms with van der Waals surface area (Å²) in [5.41, 5.74) is 10.7. The monoisotopic (exact) mass is 470 g/mol. The Hall–Kier alpha value is -3.82. The van der Waals surface area contributed by atoms with Gasteiger partial charge in [0, 0.05) is 30.8 Å². The molecule has 0 atom stereocenters. The highest BCUT2D eigenvalue weighted by molar-refractivity contribution is 7.99. The van der Waals surface area contributed by atoms with Crippen LogP contribution in [0.1, 0.15) is 17.0 Å². The molecule has 0 bridgehead atoms. The number of furan rings is 1. The van der Waals surface area contributed by atoms with Gasteiger partial charge in [-0.1, -0.05) is 12.1 Å². The lowest BCUT2D eigenvalue weighted by Gasteiger charge is -2.26. The minimum Gasteiger partial charge on any atom is -0.453 e. The SMILES string of the molecule is Nc1ccc(-c2nc3c(c(=O)[nH]2)CN(Cc2ccc(Sc4nc5ccccc5[nH]4)o2)CC3)cc1. The molecule has 9 heteroatoms. The first kappa shape index (κ1) is 20.8. The third-order valence-corrected chi connectivity index (χ3v) is 6.72. The summed E-state index contributed by atoms with van der Waals surface area (Å²) in [4.78, 5) is 30.6. The molecule has 0 radical (unpaired) electrons. The van der Waals surface area contributed by atoms with Crippen molar-refractivity contribution >= 4 is 28.5 Å². The van der Waals surface area contributed by atoms with Gasteiger partial charge in [-0.3, -0.25) is 9.69 Å². The van der Waals surface area contributed by atoms with Crippen molar-refractivity contribution in [3.8, 4) is 11.4 Å². The van der Waals surface area contributed by atoms with Crippen molar-refractivity contribution in [2.24, 2.45) is 0 Å². The quantitative estimate of drug-likeness (QED) is 0.330. The van der Waals surface area contributed by atoms with Crippen LogP contribution in [0.25, 0.3) is 22.4 Å². The van der Waals surface area contributed by atoms with Crippen molar-refractivity contribution < 1.29 is 4.42 Å². The van der Waals surface area contributed by atoms with Gasteiger partial charge < -0.3 is 20.1 Å². The van der Waals surface area contributed by atoms with Crippen molar-refractivity contribution in [3.63, 3.8) is 0 Å². The summed E-state index contributed by atoms with van der Waals surface area (Å²) in [6.45, 7) is 1.96.